The Hall–Kier alpha value is -2.87. The summed E-state index contributed by atoms with van der Waals surface area (Å²) in [6.45, 7) is 11.7. The smallest absolute Gasteiger partial charge is 0.258 e. The van der Waals surface area contributed by atoms with Crippen molar-refractivity contribution in [3.05, 3.63) is 64.7 Å². The molecule has 0 radical (unpaired) electrons. The number of rotatable bonds is 8. The third kappa shape index (κ3) is 5.21. The van der Waals surface area contributed by atoms with Crippen LogP contribution in [0.4, 0.5) is 5.69 Å². The van der Waals surface area contributed by atoms with Crippen LogP contribution in [-0.4, -0.2) is 47.1 Å². The zero-order valence-electron chi connectivity index (χ0n) is 19.4. The lowest BCUT2D eigenvalue weighted by atomic mass is 9.97. The quantitative estimate of drug-likeness (QED) is 0.418. The number of nitrogens with two attached hydrogens (primary N) is 1. The standard InChI is InChI=1S/C26H34N4O3/c1-3-4-5-18(2)22-13-23(25(31)14-24(22)28-27)26(32)30-16-20-7-6-19(12-21(20)17-30)15-29-8-10-33-11-9-29/h6-7,12-14,28,31H,2-5,8-11,15-17,27H2,1H3. The molecule has 2 aliphatic rings. The second-order valence-corrected chi connectivity index (χ2v) is 8.92. The number of ether oxygens (including phenoxy) is 1. The van der Waals surface area contributed by atoms with E-state index in [-0.39, 0.29) is 17.2 Å². The van der Waals surface area contributed by atoms with E-state index in [9.17, 15) is 9.90 Å². The van der Waals surface area contributed by atoms with E-state index in [1.54, 1.807) is 11.0 Å². The summed E-state index contributed by atoms with van der Waals surface area (Å²) in [5.41, 5.74) is 8.72. The molecule has 0 aliphatic carbocycles. The fraction of sp³-hybridized carbons (Fsp3) is 0.423. The van der Waals surface area contributed by atoms with Gasteiger partial charge in [0.1, 0.15) is 5.75 Å². The molecule has 33 heavy (non-hydrogen) atoms. The van der Waals surface area contributed by atoms with Gasteiger partial charge in [-0.3, -0.25) is 15.5 Å². The van der Waals surface area contributed by atoms with Gasteiger partial charge in [0.2, 0.25) is 0 Å². The number of amides is 1. The molecule has 0 atom stereocenters. The minimum atomic E-state index is -0.188. The van der Waals surface area contributed by atoms with E-state index in [2.05, 4.69) is 42.0 Å². The van der Waals surface area contributed by atoms with E-state index in [1.165, 1.54) is 17.2 Å². The largest absolute Gasteiger partial charge is 0.507 e. The molecular weight excluding hydrogens is 416 g/mol. The van der Waals surface area contributed by atoms with E-state index in [0.29, 0.717) is 18.8 Å². The first-order valence-electron chi connectivity index (χ1n) is 11.7. The summed E-state index contributed by atoms with van der Waals surface area (Å²) in [7, 11) is 0. The van der Waals surface area contributed by atoms with Crippen LogP contribution in [0.3, 0.4) is 0 Å². The van der Waals surface area contributed by atoms with Gasteiger partial charge in [-0.25, -0.2) is 0 Å². The Morgan fingerprint density at radius 1 is 1.15 bits per heavy atom. The number of carbonyl (C=O) groups is 1. The number of benzene rings is 2. The number of hydrogen-bond donors (Lipinski definition) is 3. The van der Waals surface area contributed by atoms with E-state index in [4.69, 9.17) is 10.6 Å². The lowest BCUT2D eigenvalue weighted by Gasteiger charge is -2.26. The molecule has 2 heterocycles. The molecule has 2 aromatic carbocycles. The number of nitrogens with one attached hydrogen (secondary N) is 1. The van der Waals surface area contributed by atoms with Crippen LogP contribution in [0.15, 0.2) is 36.9 Å². The lowest BCUT2D eigenvalue weighted by Crippen LogP contribution is -2.35. The van der Waals surface area contributed by atoms with Crippen LogP contribution >= 0.6 is 0 Å². The van der Waals surface area contributed by atoms with Gasteiger partial charge in [-0.15, -0.1) is 0 Å². The third-order valence-electron chi connectivity index (χ3n) is 6.52. The zero-order valence-corrected chi connectivity index (χ0v) is 19.4. The van der Waals surface area contributed by atoms with Crippen molar-refractivity contribution < 1.29 is 14.6 Å². The molecule has 0 aromatic heterocycles. The number of hydrogen-bond acceptors (Lipinski definition) is 6. The molecule has 1 amide bonds. The molecule has 2 aliphatic heterocycles. The maximum Gasteiger partial charge on any atom is 0.258 e. The predicted molar refractivity (Wildman–Crippen MR) is 131 cm³/mol. The summed E-state index contributed by atoms with van der Waals surface area (Å²) >= 11 is 0. The van der Waals surface area contributed by atoms with Crippen molar-refractivity contribution in [2.75, 3.05) is 31.7 Å². The first kappa shape index (κ1) is 23.3. The molecule has 0 bridgehead atoms. The molecule has 176 valence electrons. The molecular formula is C26H34N4O3. The number of fused-ring (bicyclic) bond motifs is 1. The Balaban J connectivity index is 1.51. The summed E-state index contributed by atoms with van der Waals surface area (Å²) in [4.78, 5) is 17.6. The summed E-state index contributed by atoms with van der Waals surface area (Å²) in [5.74, 6) is 5.40. The SMILES string of the molecule is C=C(CCCC)c1cc(C(=O)N2Cc3ccc(CN4CCOCC4)cc3C2)c(O)cc1NN. The molecule has 4 rings (SSSR count). The summed E-state index contributed by atoms with van der Waals surface area (Å²) < 4.78 is 5.44. The Morgan fingerprint density at radius 2 is 1.91 bits per heavy atom. The summed E-state index contributed by atoms with van der Waals surface area (Å²) in [5, 5.41) is 10.6. The molecule has 0 saturated carbocycles. The molecule has 4 N–H and O–H groups in total. The number of carbonyl (C=O) groups excluding carboxylic acids is 1. The Bertz CT molecular complexity index is 1030. The third-order valence-corrected chi connectivity index (χ3v) is 6.52. The fourth-order valence-corrected chi connectivity index (χ4v) is 4.57. The predicted octanol–water partition coefficient (Wildman–Crippen LogP) is 3.87. The average molecular weight is 451 g/mol. The van der Waals surface area contributed by atoms with Crippen LogP contribution in [0.25, 0.3) is 5.57 Å². The second kappa shape index (κ2) is 10.4. The van der Waals surface area contributed by atoms with Crippen molar-refractivity contribution in [2.24, 2.45) is 5.84 Å². The normalized spacial score (nSPS) is 16.0. The maximum atomic E-state index is 13.4. The number of anilines is 1. The lowest BCUT2D eigenvalue weighted by molar-refractivity contribution is 0.0342. The fourth-order valence-electron chi connectivity index (χ4n) is 4.57. The van der Waals surface area contributed by atoms with Crippen molar-refractivity contribution in [3.63, 3.8) is 0 Å². The number of nitrogen functional groups attached to an aromatic ring is 1. The summed E-state index contributed by atoms with van der Waals surface area (Å²) in [6, 6.07) is 9.72. The van der Waals surface area contributed by atoms with Gasteiger partial charge >= 0.3 is 0 Å². The molecule has 0 unspecified atom stereocenters. The number of phenolic OH excluding ortho intramolecular Hbond substituents is 1. The van der Waals surface area contributed by atoms with Gasteiger partial charge in [0.05, 0.1) is 24.5 Å². The number of nitrogens with zero attached hydrogens (tertiary/aromatic N) is 2. The van der Waals surface area contributed by atoms with Crippen molar-refractivity contribution >= 4 is 17.2 Å². The Kier molecular flexibility index (Phi) is 7.33. The van der Waals surface area contributed by atoms with Crippen LogP contribution in [0.2, 0.25) is 0 Å². The second-order valence-electron chi connectivity index (χ2n) is 8.92. The molecule has 1 fully saturated rings. The van der Waals surface area contributed by atoms with Gasteiger partial charge in [-0.1, -0.05) is 38.1 Å². The van der Waals surface area contributed by atoms with E-state index < -0.39 is 0 Å². The minimum absolute atomic E-state index is 0.0797. The van der Waals surface area contributed by atoms with Crippen molar-refractivity contribution in [3.8, 4) is 5.75 Å². The van der Waals surface area contributed by atoms with Gasteiger partial charge in [0, 0.05) is 44.4 Å². The number of aromatic hydroxyl groups is 1. The topological polar surface area (TPSA) is 91.1 Å². The number of phenols is 1. The van der Waals surface area contributed by atoms with Gasteiger partial charge in [0.25, 0.3) is 5.91 Å². The Morgan fingerprint density at radius 3 is 2.64 bits per heavy atom. The first-order valence-corrected chi connectivity index (χ1v) is 11.7. The van der Waals surface area contributed by atoms with Gasteiger partial charge in [0.15, 0.2) is 0 Å². The number of unbranched alkanes of at least 4 members (excludes halogenated alkanes) is 1. The Labute approximate surface area is 195 Å². The average Bonchev–Trinajstić information content (AvgIpc) is 3.26. The van der Waals surface area contributed by atoms with Crippen LogP contribution in [-0.2, 0) is 24.4 Å². The van der Waals surface area contributed by atoms with Crippen LogP contribution in [0, 0.1) is 0 Å². The van der Waals surface area contributed by atoms with E-state index in [1.807, 2.05) is 0 Å². The molecule has 7 heteroatoms. The van der Waals surface area contributed by atoms with Crippen molar-refractivity contribution in [1.29, 1.82) is 0 Å². The van der Waals surface area contributed by atoms with Gasteiger partial charge in [-0.05, 0) is 41.2 Å². The number of hydrazine groups is 1. The monoisotopic (exact) mass is 450 g/mol. The number of morpholine rings is 1. The van der Waals surface area contributed by atoms with Gasteiger partial charge < -0.3 is 20.2 Å². The van der Waals surface area contributed by atoms with Crippen LogP contribution in [0.5, 0.6) is 5.75 Å². The molecule has 1 saturated heterocycles. The maximum absolute atomic E-state index is 13.4. The van der Waals surface area contributed by atoms with E-state index in [0.717, 1.165) is 68.8 Å². The number of allylic oxidation sites excluding steroid dienone is 1. The minimum Gasteiger partial charge on any atom is -0.507 e. The highest BCUT2D eigenvalue weighted by molar-refractivity contribution is 5.99. The highest BCUT2D eigenvalue weighted by Gasteiger charge is 2.27. The first-order chi connectivity index (χ1) is 16.0. The highest BCUT2D eigenvalue weighted by atomic mass is 16.5. The van der Waals surface area contributed by atoms with E-state index >= 15 is 0 Å². The van der Waals surface area contributed by atoms with Crippen LogP contribution < -0.4 is 11.3 Å². The van der Waals surface area contributed by atoms with Crippen molar-refractivity contribution in [1.82, 2.24) is 9.80 Å². The zero-order chi connectivity index (χ0) is 23.4. The summed E-state index contributed by atoms with van der Waals surface area (Å²) in [6.07, 6.45) is 2.86. The molecule has 7 nitrogen and oxygen atoms in total. The molecule has 0 spiro atoms. The van der Waals surface area contributed by atoms with Gasteiger partial charge in [-0.2, -0.15) is 0 Å². The van der Waals surface area contributed by atoms with Crippen molar-refractivity contribution in [2.45, 2.75) is 45.8 Å². The molecule has 2 aromatic rings. The highest BCUT2D eigenvalue weighted by Crippen LogP contribution is 2.34. The van der Waals surface area contributed by atoms with Crippen LogP contribution in [0.1, 0.15) is 58.8 Å².